The lowest BCUT2D eigenvalue weighted by atomic mass is 9.95. The van der Waals surface area contributed by atoms with E-state index < -0.39 is 0 Å². The molecule has 2 heterocycles. The summed E-state index contributed by atoms with van der Waals surface area (Å²) in [7, 11) is 0. The summed E-state index contributed by atoms with van der Waals surface area (Å²) in [6.45, 7) is 10.9. The van der Waals surface area contributed by atoms with E-state index in [1.54, 1.807) is 0 Å². The molecular formula is C15H25NOS. The molecule has 1 aliphatic rings. The molecule has 1 fully saturated rings. The molecule has 0 atom stereocenters. The van der Waals surface area contributed by atoms with E-state index in [1.807, 2.05) is 11.3 Å². The predicted molar refractivity (Wildman–Crippen MR) is 78.3 cm³/mol. The summed E-state index contributed by atoms with van der Waals surface area (Å²) < 4.78 is 5.38. The van der Waals surface area contributed by atoms with Crippen LogP contribution in [-0.4, -0.2) is 19.8 Å². The smallest absolute Gasteiger partial charge is 0.0469 e. The molecule has 0 bridgehead atoms. The maximum Gasteiger partial charge on any atom is 0.0469 e. The molecule has 0 unspecified atom stereocenters. The van der Waals surface area contributed by atoms with Crippen molar-refractivity contribution in [2.45, 2.75) is 45.6 Å². The molecule has 0 amide bonds. The average Bonchev–Trinajstić information content (AvgIpc) is 2.79. The summed E-state index contributed by atoms with van der Waals surface area (Å²) >= 11 is 1.94. The van der Waals surface area contributed by atoms with Gasteiger partial charge in [-0.15, -0.1) is 11.3 Å². The van der Waals surface area contributed by atoms with Crippen LogP contribution >= 0.6 is 11.3 Å². The molecule has 0 saturated carbocycles. The monoisotopic (exact) mass is 267 g/mol. The van der Waals surface area contributed by atoms with Crippen LogP contribution < -0.4 is 5.32 Å². The summed E-state index contributed by atoms with van der Waals surface area (Å²) in [6.07, 6.45) is 2.43. The van der Waals surface area contributed by atoms with Gasteiger partial charge in [-0.3, -0.25) is 0 Å². The maximum atomic E-state index is 5.38. The minimum absolute atomic E-state index is 0.281. The molecule has 0 spiro atoms. The van der Waals surface area contributed by atoms with E-state index in [1.165, 1.54) is 22.6 Å². The Bertz CT molecular complexity index is 361. The molecule has 18 heavy (non-hydrogen) atoms. The van der Waals surface area contributed by atoms with Gasteiger partial charge < -0.3 is 10.1 Å². The third-order valence-corrected chi connectivity index (χ3v) is 4.98. The quantitative estimate of drug-likeness (QED) is 0.900. The third kappa shape index (κ3) is 4.08. The Hall–Kier alpha value is -0.380. The number of hydrogen-bond acceptors (Lipinski definition) is 3. The SMILES string of the molecule is CC(C)(C)c1ccc(CNCC2CCOCC2)s1. The summed E-state index contributed by atoms with van der Waals surface area (Å²) in [5.74, 6) is 0.806. The van der Waals surface area contributed by atoms with E-state index in [0.717, 1.165) is 32.2 Å². The lowest BCUT2D eigenvalue weighted by Crippen LogP contribution is -2.27. The Morgan fingerprint density at radius 2 is 2.00 bits per heavy atom. The molecule has 1 aromatic rings. The van der Waals surface area contributed by atoms with Gasteiger partial charge in [0.15, 0.2) is 0 Å². The molecule has 1 saturated heterocycles. The van der Waals surface area contributed by atoms with Crippen LogP contribution in [0.3, 0.4) is 0 Å². The van der Waals surface area contributed by atoms with E-state index in [0.29, 0.717) is 0 Å². The van der Waals surface area contributed by atoms with Crippen molar-refractivity contribution in [2.75, 3.05) is 19.8 Å². The number of rotatable bonds is 4. The van der Waals surface area contributed by atoms with Gasteiger partial charge in [-0.1, -0.05) is 20.8 Å². The Kier molecular flexibility index (Phi) is 4.82. The second kappa shape index (κ2) is 6.18. The van der Waals surface area contributed by atoms with Gasteiger partial charge in [0.05, 0.1) is 0 Å². The summed E-state index contributed by atoms with van der Waals surface area (Å²) in [4.78, 5) is 2.93. The highest BCUT2D eigenvalue weighted by molar-refractivity contribution is 7.12. The molecule has 2 nitrogen and oxygen atoms in total. The fourth-order valence-electron chi connectivity index (χ4n) is 2.23. The van der Waals surface area contributed by atoms with Gasteiger partial charge in [0, 0.05) is 29.5 Å². The highest BCUT2D eigenvalue weighted by Gasteiger charge is 2.16. The molecule has 1 aliphatic heterocycles. The highest BCUT2D eigenvalue weighted by Crippen LogP contribution is 2.29. The van der Waals surface area contributed by atoms with Crippen LogP contribution in [0.2, 0.25) is 0 Å². The summed E-state index contributed by atoms with van der Waals surface area (Å²) in [6, 6.07) is 4.54. The number of hydrogen-bond donors (Lipinski definition) is 1. The van der Waals surface area contributed by atoms with E-state index in [2.05, 4.69) is 38.2 Å². The standard InChI is InChI=1S/C15H25NOS/c1-15(2,3)14-5-4-13(18-14)11-16-10-12-6-8-17-9-7-12/h4-5,12,16H,6-11H2,1-3H3. The lowest BCUT2D eigenvalue weighted by molar-refractivity contribution is 0.0662. The average molecular weight is 267 g/mol. The van der Waals surface area contributed by atoms with Crippen LogP contribution in [0, 0.1) is 5.92 Å². The zero-order valence-electron chi connectivity index (χ0n) is 11.8. The molecule has 0 aliphatic carbocycles. The van der Waals surface area contributed by atoms with Crippen molar-refractivity contribution < 1.29 is 4.74 Å². The molecule has 3 heteroatoms. The molecular weight excluding hydrogens is 242 g/mol. The fourth-order valence-corrected chi connectivity index (χ4v) is 3.26. The molecule has 0 radical (unpaired) electrons. The van der Waals surface area contributed by atoms with Crippen LogP contribution in [-0.2, 0) is 16.7 Å². The third-order valence-electron chi connectivity index (χ3n) is 3.47. The van der Waals surface area contributed by atoms with E-state index >= 15 is 0 Å². The van der Waals surface area contributed by atoms with Gasteiger partial charge in [0.25, 0.3) is 0 Å². The molecule has 1 N–H and O–H groups in total. The van der Waals surface area contributed by atoms with Crippen molar-refractivity contribution >= 4 is 11.3 Å². The van der Waals surface area contributed by atoms with Crippen LogP contribution in [0.1, 0.15) is 43.4 Å². The molecule has 1 aromatic heterocycles. The zero-order chi connectivity index (χ0) is 13.0. The zero-order valence-corrected chi connectivity index (χ0v) is 12.6. The first kappa shape index (κ1) is 14.0. The van der Waals surface area contributed by atoms with E-state index in [-0.39, 0.29) is 5.41 Å². The lowest BCUT2D eigenvalue weighted by Gasteiger charge is -2.22. The molecule has 102 valence electrons. The second-order valence-corrected chi connectivity index (χ2v) is 7.37. The van der Waals surface area contributed by atoms with Gasteiger partial charge in [-0.2, -0.15) is 0 Å². The maximum absolute atomic E-state index is 5.38. The fraction of sp³-hybridized carbons (Fsp3) is 0.733. The minimum atomic E-state index is 0.281. The topological polar surface area (TPSA) is 21.3 Å². The first-order valence-electron chi connectivity index (χ1n) is 6.93. The van der Waals surface area contributed by atoms with Gasteiger partial charge in [-0.05, 0) is 42.9 Å². The Morgan fingerprint density at radius 1 is 1.28 bits per heavy atom. The second-order valence-electron chi connectivity index (χ2n) is 6.20. The van der Waals surface area contributed by atoms with Gasteiger partial charge in [-0.25, -0.2) is 0 Å². The number of nitrogens with one attached hydrogen (secondary N) is 1. The Balaban J connectivity index is 1.74. The van der Waals surface area contributed by atoms with Crippen molar-refractivity contribution in [1.29, 1.82) is 0 Å². The predicted octanol–water partition coefficient (Wildman–Crippen LogP) is 3.56. The van der Waals surface area contributed by atoms with Gasteiger partial charge >= 0.3 is 0 Å². The Labute approximate surface area is 115 Å². The Morgan fingerprint density at radius 3 is 2.61 bits per heavy atom. The normalized spacial score (nSPS) is 18.2. The summed E-state index contributed by atoms with van der Waals surface area (Å²) in [5, 5.41) is 3.59. The van der Waals surface area contributed by atoms with Crippen molar-refractivity contribution in [3.63, 3.8) is 0 Å². The van der Waals surface area contributed by atoms with Gasteiger partial charge in [0.2, 0.25) is 0 Å². The minimum Gasteiger partial charge on any atom is -0.381 e. The van der Waals surface area contributed by atoms with Gasteiger partial charge in [0.1, 0.15) is 0 Å². The van der Waals surface area contributed by atoms with Crippen LogP contribution in [0.25, 0.3) is 0 Å². The van der Waals surface area contributed by atoms with Crippen LogP contribution in [0.15, 0.2) is 12.1 Å². The molecule has 2 rings (SSSR count). The van der Waals surface area contributed by atoms with Crippen molar-refractivity contribution in [2.24, 2.45) is 5.92 Å². The van der Waals surface area contributed by atoms with Crippen molar-refractivity contribution in [1.82, 2.24) is 5.32 Å². The first-order chi connectivity index (χ1) is 8.55. The number of thiophene rings is 1. The highest BCUT2D eigenvalue weighted by atomic mass is 32.1. The van der Waals surface area contributed by atoms with E-state index in [9.17, 15) is 0 Å². The number of ether oxygens (including phenoxy) is 1. The van der Waals surface area contributed by atoms with E-state index in [4.69, 9.17) is 4.74 Å². The van der Waals surface area contributed by atoms with Crippen LogP contribution in [0.4, 0.5) is 0 Å². The van der Waals surface area contributed by atoms with Crippen molar-refractivity contribution in [3.05, 3.63) is 21.9 Å². The van der Waals surface area contributed by atoms with Crippen molar-refractivity contribution in [3.8, 4) is 0 Å². The summed E-state index contributed by atoms with van der Waals surface area (Å²) in [5.41, 5.74) is 0.281. The molecule has 0 aromatic carbocycles. The van der Waals surface area contributed by atoms with Crippen LogP contribution in [0.5, 0.6) is 0 Å². The largest absolute Gasteiger partial charge is 0.381 e. The first-order valence-corrected chi connectivity index (χ1v) is 7.75.